The van der Waals surface area contributed by atoms with Gasteiger partial charge in [-0.15, -0.1) is 0 Å². The third-order valence-corrected chi connectivity index (χ3v) is 2.48. The number of nitrogens with one attached hydrogen (secondary N) is 1. The average Bonchev–Trinajstić information content (AvgIpc) is 2.35. The fraction of sp³-hybridized carbons (Fsp3) is 0.385. The molecule has 0 radical (unpaired) electrons. The van der Waals surface area contributed by atoms with Crippen molar-refractivity contribution in [3.63, 3.8) is 0 Å². The van der Waals surface area contributed by atoms with Gasteiger partial charge in [0.1, 0.15) is 5.75 Å². The van der Waals surface area contributed by atoms with E-state index in [1.54, 1.807) is 32.2 Å². The van der Waals surface area contributed by atoms with E-state index in [1.165, 1.54) is 0 Å². The fourth-order valence-electron chi connectivity index (χ4n) is 1.46. The molecule has 1 rings (SSSR count). The van der Waals surface area contributed by atoms with Crippen LogP contribution in [0.25, 0.3) is 0 Å². The molecule has 0 saturated carbocycles. The van der Waals surface area contributed by atoms with E-state index >= 15 is 0 Å². The molecule has 0 bridgehead atoms. The van der Waals surface area contributed by atoms with Crippen LogP contribution in [0.15, 0.2) is 18.2 Å². The van der Waals surface area contributed by atoms with E-state index in [4.69, 9.17) is 4.74 Å². The summed E-state index contributed by atoms with van der Waals surface area (Å²) in [5, 5.41) is 2.56. The molecule has 1 amide bonds. The van der Waals surface area contributed by atoms with Gasteiger partial charge in [-0.25, -0.2) is 0 Å². The Bertz CT molecular complexity index is 427. The number of Topliss-reactive ketones (excluding diaryl/α,β-unsaturated/α-hetero) is 1. The molecular weight excluding hydrogens is 218 g/mol. The zero-order chi connectivity index (χ0) is 12.8. The molecule has 0 aliphatic heterocycles. The number of benzene rings is 1. The van der Waals surface area contributed by atoms with Crippen molar-refractivity contribution in [1.82, 2.24) is 5.32 Å². The van der Waals surface area contributed by atoms with Crippen LogP contribution < -0.4 is 10.1 Å². The number of ether oxygens (including phenoxy) is 1. The largest absolute Gasteiger partial charge is 0.496 e. The van der Waals surface area contributed by atoms with Gasteiger partial charge < -0.3 is 10.1 Å². The van der Waals surface area contributed by atoms with E-state index < -0.39 is 0 Å². The lowest BCUT2D eigenvalue weighted by Gasteiger charge is -2.07. The molecule has 1 N–H and O–H groups in total. The van der Waals surface area contributed by atoms with Crippen LogP contribution in [0.5, 0.6) is 5.75 Å². The van der Waals surface area contributed by atoms with Crippen LogP contribution in [0.1, 0.15) is 29.3 Å². The third-order valence-electron chi connectivity index (χ3n) is 2.48. The van der Waals surface area contributed by atoms with Crippen molar-refractivity contribution in [2.24, 2.45) is 0 Å². The minimum absolute atomic E-state index is 0.0401. The Labute approximate surface area is 101 Å². The van der Waals surface area contributed by atoms with Gasteiger partial charge in [0.05, 0.1) is 13.7 Å². The van der Waals surface area contributed by atoms with E-state index in [9.17, 15) is 9.59 Å². The SMILES string of the molecule is CCC(=O)NCC(=O)c1ccc(OC)c(C)c1. The van der Waals surface area contributed by atoms with Gasteiger partial charge in [-0.05, 0) is 30.7 Å². The first-order chi connectivity index (χ1) is 8.08. The summed E-state index contributed by atoms with van der Waals surface area (Å²) in [4.78, 5) is 22.8. The van der Waals surface area contributed by atoms with Crippen LogP contribution >= 0.6 is 0 Å². The van der Waals surface area contributed by atoms with Gasteiger partial charge in [-0.1, -0.05) is 6.92 Å². The normalized spacial score (nSPS) is 9.82. The lowest BCUT2D eigenvalue weighted by molar-refractivity contribution is -0.120. The van der Waals surface area contributed by atoms with Crippen molar-refractivity contribution in [3.8, 4) is 5.75 Å². The number of hydrogen-bond donors (Lipinski definition) is 1. The van der Waals surface area contributed by atoms with Crippen molar-refractivity contribution in [2.45, 2.75) is 20.3 Å². The summed E-state index contributed by atoms with van der Waals surface area (Å²) in [5.74, 6) is 0.528. The van der Waals surface area contributed by atoms with Crippen molar-refractivity contribution >= 4 is 11.7 Å². The molecule has 17 heavy (non-hydrogen) atoms. The van der Waals surface area contributed by atoms with Crippen LogP contribution in [-0.4, -0.2) is 25.3 Å². The summed E-state index contributed by atoms with van der Waals surface area (Å²) in [6, 6.07) is 5.22. The molecule has 1 aromatic rings. The van der Waals surface area contributed by atoms with E-state index in [0.29, 0.717) is 12.0 Å². The summed E-state index contributed by atoms with van der Waals surface area (Å²) in [6.45, 7) is 3.66. The number of methoxy groups -OCH3 is 1. The summed E-state index contributed by atoms with van der Waals surface area (Å²) >= 11 is 0. The van der Waals surface area contributed by atoms with Crippen LogP contribution in [0, 0.1) is 6.92 Å². The predicted octanol–water partition coefficient (Wildman–Crippen LogP) is 1.71. The smallest absolute Gasteiger partial charge is 0.220 e. The first-order valence-electron chi connectivity index (χ1n) is 5.53. The molecule has 92 valence electrons. The molecule has 0 aliphatic rings. The zero-order valence-electron chi connectivity index (χ0n) is 10.4. The molecule has 0 spiro atoms. The van der Waals surface area contributed by atoms with Gasteiger partial charge in [0.2, 0.25) is 5.91 Å². The lowest BCUT2D eigenvalue weighted by atomic mass is 10.1. The van der Waals surface area contributed by atoms with E-state index in [1.807, 2.05) is 6.92 Å². The Balaban J connectivity index is 2.69. The second kappa shape index (κ2) is 6.03. The maximum absolute atomic E-state index is 11.8. The maximum Gasteiger partial charge on any atom is 0.220 e. The lowest BCUT2D eigenvalue weighted by Crippen LogP contribution is -2.28. The summed E-state index contributed by atoms with van der Waals surface area (Å²) < 4.78 is 5.11. The minimum Gasteiger partial charge on any atom is -0.496 e. The van der Waals surface area contributed by atoms with E-state index in [2.05, 4.69) is 5.32 Å². The highest BCUT2D eigenvalue weighted by molar-refractivity contribution is 5.99. The third kappa shape index (κ3) is 3.59. The van der Waals surface area contributed by atoms with Crippen molar-refractivity contribution < 1.29 is 14.3 Å². The van der Waals surface area contributed by atoms with Crippen LogP contribution in [-0.2, 0) is 4.79 Å². The average molecular weight is 235 g/mol. The second-order valence-electron chi connectivity index (χ2n) is 3.74. The first-order valence-corrected chi connectivity index (χ1v) is 5.53. The molecule has 1 aromatic carbocycles. The Kier molecular flexibility index (Phi) is 4.69. The van der Waals surface area contributed by atoms with Gasteiger partial charge in [0.25, 0.3) is 0 Å². The Hall–Kier alpha value is -1.84. The van der Waals surface area contributed by atoms with E-state index in [0.717, 1.165) is 11.3 Å². The van der Waals surface area contributed by atoms with E-state index in [-0.39, 0.29) is 18.2 Å². The number of carbonyl (C=O) groups excluding carboxylic acids is 2. The number of amides is 1. The molecule has 0 atom stereocenters. The van der Waals surface area contributed by atoms with Crippen LogP contribution in [0.3, 0.4) is 0 Å². The van der Waals surface area contributed by atoms with Crippen molar-refractivity contribution in [3.05, 3.63) is 29.3 Å². The number of ketones is 1. The highest BCUT2D eigenvalue weighted by Gasteiger charge is 2.09. The standard InChI is InChI=1S/C13H17NO3/c1-4-13(16)14-8-11(15)10-5-6-12(17-3)9(2)7-10/h5-7H,4,8H2,1-3H3,(H,14,16). The highest BCUT2D eigenvalue weighted by atomic mass is 16.5. The van der Waals surface area contributed by atoms with Gasteiger partial charge in [0.15, 0.2) is 5.78 Å². The number of aryl methyl sites for hydroxylation is 1. The van der Waals surface area contributed by atoms with Gasteiger partial charge in [-0.2, -0.15) is 0 Å². The highest BCUT2D eigenvalue weighted by Crippen LogP contribution is 2.18. The van der Waals surface area contributed by atoms with Gasteiger partial charge in [-0.3, -0.25) is 9.59 Å². The molecule has 0 heterocycles. The Morgan fingerprint density at radius 3 is 2.59 bits per heavy atom. The quantitative estimate of drug-likeness (QED) is 0.790. The molecule has 0 fully saturated rings. The van der Waals surface area contributed by atoms with Crippen LogP contribution in [0.2, 0.25) is 0 Å². The number of rotatable bonds is 5. The number of hydrogen-bond acceptors (Lipinski definition) is 3. The monoisotopic (exact) mass is 235 g/mol. The molecule has 0 aromatic heterocycles. The zero-order valence-corrected chi connectivity index (χ0v) is 10.4. The van der Waals surface area contributed by atoms with Crippen molar-refractivity contribution in [2.75, 3.05) is 13.7 Å². The van der Waals surface area contributed by atoms with Crippen LogP contribution in [0.4, 0.5) is 0 Å². The summed E-state index contributed by atoms with van der Waals surface area (Å²) in [6.07, 6.45) is 0.384. The van der Waals surface area contributed by atoms with Crippen molar-refractivity contribution in [1.29, 1.82) is 0 Å². The Morgan fingerprint density at radius 1 is 1.35 bits per heavy atom. The minimum atomic E-state index is -0.122. The molecule has 4 heteroatoms. The molecule has 0 aliphatic carbocycles. The molecule has 4 nitrogen and oxygen atoms in total. The first kappa shape index (κ1) is 13.2. The molecule has 0 unspecified atom stereocenters. The topological polar surface area (TPSA) is 55.4 Å². The fourth-order valence-corrected chi connectivity index (χ4v) is 1.46. The predicted molar refractivity (Wildman–Crippen MR) is 65.4 cm³/mol. The second-order valence-corrected chi connectivity index (χ2v) is 3.74. The molecular formula is C13H17NO3. The summed E-state index contributed by atoms with van der Waals surface area (Å²) in [5.41, 5.74) is 1.49. The van der Waals surface area contributed by atoms with Gasteiger partial charge >= 0.3 is 0 Å². The summed E-state index contributed by atoms with van der Waals surface area (Å²) in [7, 11) is 1.59. The number of carbonyl (C=O) groups is 2. The van der Waals surface area contributed by atoms with Gasteiger partial charge in [0, 0.05) is 12.0 Å². The Morgan fingerprint density at radius 2 is 2.06 bits per heavy atom. The maximum atomic E-state index is 11.8. The molecule has 0 saturated heterocycles.